The van der Waals surface area contributed by atoms with E-state index >= 15 is 0 Å². The molecule has 0 aromatic carbocycles. The lowest BCUT2D eigenvalue weighted by atomic mass is 9.40. The van der Waals surface area contributed by atoms with Crippen molar-refractivity contribution in [2.24, 2.45) is 16.2 Å². The second-order valence-corrected chi connectivity index (χ2v) is 6.49. The molecular weight excluding hydrogens is 248 g/mol. The monoisotopic (exact) mass is 280 g/mol. The molecule has 1 aliphatic rings. The zero-order valence-corrected chi connectivity index (χ0v) is 14.3. The topological polar surface area (TPSA) is 34.1 Å². The summed E-state index contributed by atoms with van der Waals surface area (Å²) >= 11 is 0. The minimum Gasteiger partial charge on any atom is -0.291 e. The van der Waals surface area contributed by atoms with Crippen LogP contribution in [-0.4, -0.2) is 11.6 Å². The zero-order chi connectivity index (χ0) is 15.6. The van der Waals surface area contributed by atoms with Gasteiger partial charge in [-0.2, -0.15) is 0 Å². The summed E-state index contributed by atoms with van der Waals surface area (Å²) in [5.74, 6) is -0.196. The number of Topliss-reactive ketones (excluding diaryl/α,β-unsaturated/α-hetero) is 2. The van der Waals surface area contributed by atoms with E-state index in [4.69, 9.17) is 0 Å². The van der Waals surface area contributed by atoms with Gasteiger partial charge in [0.25, 0.3) is 0 Å². The zero-order valence-electron chi connectivity index (χ0n) is 14.3. The molecule has 0 aliphatic heterocycles. The summed E-state index contributed by atoms with van der Waals surface area (Å²) in [6.45, 7) is 13.0. The van der Waals surface area contributed by atoms with Gasteiger partial charge in [-0.05, 0) is 49.4 Å². The highest BCUT2D eigenvalue weighted by atomic mass is 16.2. The van der Waals surface area contributed by atoms with Crippen LogP contribution in [0.4, 0.5) is 0 Å². The van der Waals surface area contributed by atoms with Crippen molar-refractivity contribution in [2.75, 3.05) is 0 Å². The normalized spacial score (nSPS) is 23.9. The molecule has 0 atom stereocenters. The Hall–Kier alpha value is -0.660. The van der Waals surface area contributed by atoms with E-state index in [0.29, 0.717) is 6.42 Å². The van der Waals surface area contributed by atoms with Crippen LogP contribution >= 0.6 is 0 Å². The highest BCUT2D eigenvalue weighted by Crippen LogP contribution is 2.66. The number of carbonyl (C=O) groups excluding carboxylic acids is 2. The highest BCUT2D eigenvalue weighted by molar-refractivity contribution is 6.40. The summed E-state index contributed by atoms with van der Waals surface area (Å²) in [5.41, 5.74) is -0.483. The first-order valence-electron chi connectivity index (χ1n) is 8.48. The summed E-state index contributed by atoms with van der Waals surface area (Å²) in [4.78, 5) is 25.2. The number of carbonyl (C=O) groups is 2. The maximum atomic E-state index is 12.8. The van der Waals surface area contributed by atoms with Crippen LogP contribution < -0.4 is 0 Å². The van der Waals surface area contributed by atoms with Gasteiger partial charge in [0, 0.05) is 11.8 Å². The Labute approximate surface area is 124 Å². The smallest absolute Gasteiger partial charge is 0.205 e. The van der Waals surface area contributed by atoms with E-state index in [0.717, 1.165) is 38.5 Å². The second kappa shape index (κ2) is 5.99. The summed E-state index contributed by atoms with van der Waals surface area (Å²) in [7, 11) is 0. The van der Waals surface area contributed by atoms with Gasteiger partial charge in [0.2, 0.25) is 5.78 Å². The highest BCUT2D eigenvalue weighted by Gasteiger charge is 2.65. The maximum Gasteiger partial charge on any atom is 0.205 e. The molecule has 0 aromatic heterocycles. The quantitative estimate of drug-likeness (QED) is 0.645. The molecule has 2 nitrogen and oxygen atoms in total. The summed E-state index contributed by atoms with van der Waals surface area (Å²) < 4.78 is 0. The van der Waals surface area contributed by atoms with Gasteiger partial charge < -0.3 is 0 Å². The lowest BCUT2D eigenvalue weighted by molar-refractivity contribution is -0.178. The predicted octanol–water partition coefficient (Wildman–Crippen LogP) is 4.95. The molecule has 116 valence electrons. The Balaban J connectivity index is 3.66. The standard InChI is InChI=1S/C18H32O2/c1-7-16(8-2)13-14(19)15(20)17(9-3,10-4)18(16,11-5)12-6/h7-13H2,1-6H3. The fourth-order valence-corrected chi connectivity index (χ4v) is 5.65. The predicted molar refractivity (Wildman–Crippen MR) is 83.7 cm³/mol. The Bertz CT molecular complexity index is 369. The van der Waals surface area contributed by atoms with E-state index in [1.807, 2.05) is 0 Å². The van der Waals surface area contributed by atoms with E-state index in [2.05, 4.69) is 41.5 Å². The third kappa shape index (κ3) is 1.83. The maximum absolute atomic E-state index is 12.8. The third-order valence-electron chi connectivity index (χ3n) is 6.89. The van der Waals surface area contributed by atoms with Crippen LogP contribution in [0.15, 0.2) is 0 Å². The van der Waals surface area contributed by atoms with Crippen LogP contribution in [0.3, 0.4) is 0 Å². The van der Waals surface area contributed by atoms with Crippen LogP contribution in [0.25, 0.3) is 0 Å². The average Bonchev–Trinajstić information content (AvgIpc) is 2.49. The molecule has 0 aromatic rings. The average molecular weight is 280 g/mol. The van der Waals surface area contributed by atoms with Crippen LogP contribution in [0.1, 0.15) is 86.5 Å². The van der Waals surface area contributed by atoms with Gasteiger partial charge in [-0.1, -0.05) is 41.5 Å². The van der Waals surface area contributed by atoms with E-state index in [9.17, 15) is 9.59 Å². The Morgan fingerprint density at radius 3 is 1.50 bits per heavy atom. The SMILES string of the molecule is CCC1(CC)CC(=O)C(=O)C(CC)(CC)C1(CC)CC. The summed E-state index contributed by atoms with van der Waals surface area (Å²) in [5, 5.41) is 0. The molecule has 2 heteroatoms. The van der Waals surface area contributed by atoms with Crippen LogP contribution in [0.2, 0.25) is 0 Å². The van der Waals surface area contributed by atoms with Crippen molar-refractivity contribution in [3.8, 4) is 0 Å². The lowest BCUT2D eigenvalue weighted by Gasteiger charge is -2.62. The molecular formula is C18H32O2. The van der Waals surface area contributed by atoms with Crippen molar-refractivity contribution >= 4 is 11.6 Å². The molecule has 1 fully saturated rings. The van der Waals surface area contributed by atoms with Gasteiger partial charge in [-0.25, -0.2) is 0 Å². The van der Waals surface area contributed by atoms with E-state index in [1.165, 1.54) is 0 Å². The first kappa shape index (κ1) is 17.4. The van der Waals surface area contributed by atoms with E-state index < -0.39 is 5.41 Å². The van der Waals surface area contributed by atoms with Gasteiger partial charge in [0.1, 0.15) is 0 Å². The van der Waals surface area contributed by atoms with E-state index in [-0.39, 0.29) is 22.4 Å². The molecule has 20 heavy (non-hydrogen) atoms. The van der Waals surface area contributed by atoms with Crippen molar-refractivity contribution in [3.05, 3.63) is 0 Å². The molecule has 0 amide bonds. The Kier molecular flexibility index (Phi) is 5.21. The van der Waals surface area contributed by atoms with Crippen molar-refractivity contribution in [2.45, 2.75) is 86.5 Å². The Morgan fingerprint density at radius 1 is 0.750 bits per heavy atom. The first-order valence-corrected chi connectivity index (χ1v) is 8.48. The number of hydrogen-bond donors (Lipinski definition) is 0. The summed E-state index contributed by atoms with van der Waals surface area (Å²) in [6, 6.07) is 0. The van der Waals surface area contributed by atoms with Crippen LogP contribution in [0, 0.1) is 16.2 Å². The first-order chi connectivity index (χ1) is 9.40. The minimum absolute atomic E-state index is 0.00644. The third-order valence-corrected chi connectivity index (χ3v) is 6.89. The number of hydrogen-bond acceptors (Lipinski definition) is 2. The molecule has 0 bridgehead atoms. The minimum atomic E-state index is -0.447. The van der Waals surface area contributed by atoms with Gasteiger partial charge >= 0.3 is 0 Å². The second-order valence-electron chi connectivity index (χ2n) is 6.49. The van der Waals surface area contributed by atoms with Gasteiger partial charge in [-0.15, -0.1) is 0 Å². The molecule has 0 radical (unpaired) electrons. The molecule has 1 aliphatic carbocycles. The number of rotatable bonds is 6. The molecule has 0 N–H and O–H groups in total. The summed E-state index contributed by atoms with van der Waals surface area (Å²) in [6.07, 6.45) is 6.01. The lowest BCUT2D eigenvalue weighted by Crippen LogP contribution is -2.62. The molecule has 0 unspecified atom stereocenters. The van der Waals surface area contributed by atoms with Crippen LogP contribution in [-0.2, 0) is 9.59 Å². The van der Waals surface area contributed by atoms with Crippen molar-refractivity contribution in [1.29, 1.82) is 0 Å². The number of ketones is 2. The fourth-order valence-electron chi connectivity index (χ4n) is 5.65. The van der Waals surface area contributed by atoms with E-state index in [1.54, 1.807) is 0 Å². The molecule has 0 heterocycles. The largest absolute Gasteiger partial charge is 0.291 e. The van der Waals surface area contributed by atoms with Crippen molar-refractivity contribution in [1.82, 2.24) is 0 Å². The van der Waals surface area contributed by atoms with Gasteiger partial charge in [-0.3, -0.25) is 9.59 Å². The van der Waals surface area contributed by atoms with Crippen LogP contribution in [0.5, 0.6) is 0 Å². The molecule has 0 spiro atoms. The van der Waals surface area contributed by atoms with Crippen molar-refractivity contribution in [3.63, 3.8) is 0 Å². The molecule has 1 rings (SSSR count). The van der Waals surface area contributed by atoms with Gasteiger partial charge in [0.05, 0.1) is 0 Å². The van der Waals surface area contributed by atoms with Gasteiger partial charge in [0.15, 0.2) is 5.78 Å². The fraction of sp³-hybridized carbons (Fsp3) is 0.889. The molecule has 1 saturated carbocycles. The Morgan fingerprint density at radius 2 is 1.20 bits per heavy atom. The molecule has 0 saturated heterocycles. The van der Waals surface area contributed by atoms with Crippen molar-refractivity contribution < 1.29 is 9.59 Å².